The van der Waals surface area contributed by atoms with E-state index in [1.54, 1.807) is 0 Å². The van der Waals surface area contributed by atoms with Crippen LogP contribution in [0.3, 0.4) is 0 Å². The molecular weight excluding hydrogens is 655 g/mol. The summed E-state index contributed by atoms with van der Waals surface area (Å²) in [6.07, 6.45) is 0. The fourth-order valence-corrected chi connectivity index (χ4v) is 8.92. The minimum absolute atomic E-state index is 0.866. The van der Waals surface area contributed by atoms with Gasteiger partial charge in [0.25, 0.3) is 0 Å². The molecule has 0 saturated carbocycles. The highest BCUT2D eigenvalue weighted by atomic mass is 32.1. The van der Waals surface area contributed by atoms with E-state index in [1.807, 2.05) is 35.6 Å². The summed E-state index contributed by atoms with van der Waals surface area (Å²) in [5.41, 5.74) is 11.3. The van der Waals surface area contributed by atoms with E-state index in [0.717, 1.165) is 72.1 Å². The smallest absolute Gasteiger partial charge is 0.143 e. The number of hydrogen-bond donors (Lipinski definition) is 0. The predicted molar refractivity (Wildman–Crippen MR) is 219 cm³/mol. The molecule has 0 atom stereocenters. The van der Waals surface area contributed by atoms with Crippen molar-refractivity contribution in [2.24, 2.45) is 0 Å². The molecule has 3 aromatic heterocycles. The molecule has 8 aromatic carbocycles. The zero-order chi connectivity index (χ0) is 34.2. The zero-order valence-electron chi connectivity index (χ0n) is 27.9. The van der Waals surface area contributed by atoms with Crippen molar-refractivity contribution in [3.05, 3.63) is 176 Å². The Bertz CT molecular complexity index is 3130. The molecular formula is C48H29NO2S. The monoisotopic (exact) mass is 683 g/mol. The molecule has 3 heterocycles. The van der Waals surface area contributed by atoms with Crippen LogP contribution in [0, 0.1) is 0 Å². The van der Waals surface area contributed by atoms with Crippen LogP contribution in [-0.2, 0) is 0 Å². The van der Waals surface area contributed by atoms with E-state index in [4.69, 9.17) is 8.83 Å². The third-order valence-electron chi connectivity index (χ3n) is 10.3. The lowest BCUT2D eigenvalue weighted by Crippen LogP contribution is -2.09. The summed E-state index contributed by atoms with van der Waals surface area (Å²) in [4.78, 5) is 2.30. The molecule has 11 rings (SSSR count). The number of rotatable bonds is 5. The fourth-order valence-electron chi connectivity index (χ4n) is 7.77. The summed E-state index contributed by atoms with van der Waals surface area (Å²) in [6.45, 7) is 0. The van der Waals surface area contributed by atoms with E-state index in [0.29, 0.717) is 0 Å². The standard InChI is InChI=1S/C48H29NO2S/c1-4-13-43-37(8-1)39-27-25-35(29-45(39)50-43)49(33-21-16-30(17-22-33)32-20-26-41-40-10-3-6-15-46(40)52-47(41)28-32)34-23-18-31(19-24-34)36-11-7-12-42-38-9-2-5-14-44(38)51-48(36)42/h1-29H. The first-order valence-corrected chi connectivity index (χ1v) is 18.3. The van der Waals surface area contributed by atoms with Crippen molar-refractivity contribution in [1.82, 2.24) is 0 Å². The predicted octanol–water partition coefficient (Wildman–Crippen LogP) is 14.7. The largest absolute Gasteiger partial charge is 0.456 e. The van der Waals surface area contributed by atoms with Crippen LogP contribution in [0.1, 0.15) is 0 Å². The molecule has 244 valence electrons. The van der Waals surface area contributed by atoms with Crippen LogP contribution < -0.4 is 4.90 Å². The van der Waals surface area contributed by atoms with E-state index < -0.39 is 0 Å². The summed E-state index contributed by atoms with van der Waals surface area (Å²) >= 11 is 1.85. The Kier molecular flexibility index (Phi) is 6.42. The second-order valence-corrected chi connectivity index (χ2v) is 14.4. The molecule has 0 fully saturated rings. The van der Waals surface area contributed by atoms with Gasteiger partial charge in [-0.25, -0.2) is 0 Å². The number of hydrogen-bond acceptors (Lipinski definition) is 4. The van der Waals surface area contributed by atoms with Crippen molar-refractivity contribution in [2.75, 3.05) is 4.90 Å². The van der Waals surface area contributed by atoms with E-state index >= 15 is 0 Å². The highest BCUT2D eigenvalue weighted by Crippen LogP contribution is 2.42. The van der Waals surface area contributed by atoms with Gasteiger partial charge in [0.1, 0.15) is 22.3 Å². The van der Waals surface area contributed by atoms with Crippen molar-refractivity contribution in [3.8, 4) is 22.3 Å². The first kappa shape index (κ1) is 29.1. The number of anilines is 3. The molecule has 11 aromatic rings. The Hall–Kier alpha value is -6.62. The Labute approximate surface area is 303 Å². The normalized spacial score (nSPS) is 11.8. The Morgan fingerprint density at radius 1 is 0.346 bits per heavy atom. The van der Waals surface area contributed by atoms with E-state index in [2.05, 4.69) is 157 Å². The summed E-state index contributed by atoms with van der Waals surface area (Å²) in [7, 11) is 0. The lowest BCUT2D eigenvalue weighted by atomic mass is 10.0. The average Bonchev–Trinajstić information content (AvgIpc) is 3.89. The molecule has 52 heavy (non-hydrogen) atoms. The topological polar surface area (TPSA) is 29.5 Å². The zero-order valence-corrected chi connectivity index (χ0v) is 28.7. The lowest BCUT2D eigenvalue weighted by molar-refractivity contribution is 0.669. The van der Waals surface area contributed by atoms with Gasteiger partial charge in [-0.3, -0.25) is 0 Å². The van der Waals surface area contributed by atoms with Crippen molar-refractivity contribution >= 4 is 92.4 Å². The second kappa shape index (κ2) is 11.5. The first-order chi connectivity index (χ1) is 25.7. The van der Waals surface area contributed by atoms with E-state index in [1.165, 1.54) is 31.3 Å². The second-order valence-electron chi connectivity index (χ2n) is 13.3. The van der Waals surface area contributed by atoms with Gasteiger partial charge in [-0.15, -0.1) is 11.3 Å². The number of benzene rings is 8. The molecule has 0 amide bonds. The Balaban J connectivity index is 1.01. The van der Waals surface area contributed by atoms with Crippen LogP contribution in [0.5, 0.6) is 0 Å². The van der Waals surface area contributed by atoms with Crippen LogP contribution in [0.15, 0.2) is 185 Å². The lowest BCUT2D eigenvalue weighted by Gasteiger charge is -2.26. The number of fused-ring (bicyclic) bond motifs is 9. The SMILES string of the molecule is c1ccc2c(c1)oc1cc(N(c3ccc(-c4ccc5c(c4)sc4ccccc45)cc3)c3ccc(-c4cccc5c4oc4ccccc45)cc3)ccc12. The molecule has 0 bridgehead atoms. The van der Waals surface area contributed by atoms with Gasteiger partial charge in [-0.2, -0.15) is 0 Å². The van der Waals surface area contributed by atoms with Crippen molar-refractivity contribution in [2.45, 2.75) is 0 Å². The third kappa shape index (κ3) is 4.58. The Morgan fingerprint density at radius 2 is 0.904 bits per heavy atom. The maximum absolute atomic E-state index is 6.39. The number of furan rings is 2. The van der Waals surface area contributed by atoms with Crippen LogP contribution in [0.4, 0.5) is 17.1 Å². The molecule has 0 spiro atoms. The maximum atomic E-state index is 6.39. The van der Waals surface area contributed by atoms with E-state index in [9.17, 15) is 0 Å². The van der Waals surface area contributed by atoms with Crippen molar-refractivity contribution in [3.63, 3.8) is 0 Å². The van der Waals surface area contributed by atoms with Crippen LogP contribution in [-0.4, -0.2) is 0 Å². The first-order valence-electron chi connectivity index (χ1n) is 17.5. The number of thiophene rings is 1. The molecule has 0 aliphatic rings. The molecule has 0 aliphatic heterocycles. The third-order valence-corrected chi connectivity index (χ3v) is 11.4. The molecule has 4 heteroatoms. The fraction of sp³-hybridized carbons (Fsp3) is 0. The van der Waals surface area contributed by atoms with Gasteiger partial charge in [0.05, 0.1) is 0 Å². The molecule has 3 nitrogen and oxygen atoms in total. The summed E-state index contributed by atoms with van der Waals surface area (Å²) in [5, 5.41) is 7.13. The van der Waals surface area contributed by atoms with Crippen LogP contribution >= 0.6 is 11.3 Å². The Morgan fingerprint density at radius 3 is 1.69 bits per heavy atom. The minimum Gasteiger partial charge on any atom is -0.456 e. The van der Waals surface area contributed by atoms with Gasteiger partial charge in [-0.05, 0) is 77.4 Å². The van der Waals surface area contributed by atoms with Crippen LogP contribution in [0.25, 0.3) is 86.3 Å². The number of nitrogens with zero attached hydrogens (tertiary/aromatic N) is 1. The maximum Gasteiger partial charge on any atom is 0.143 e. The summed E-state index contributed by atoms with van der Waals surface area (Å²) in [5.74, 6) is 0. The molecule has 0 saturated heterocycles. The van der Waals surface area contributed by atoms with Gasteiger partial charge in [0, 0.05) is 70.4 Å². The van der Waals surface area contributed by atoms with Gasteiger partial charge in [0.15, 0.2) is 0 Å². The van der Waals surface area contributed by atoms with E-state index in [-0.39, 0.29) is 0 Å². The highest BCUT2D eigenvalue weighted by molar-refractivity contribution is 7.25. The average molecular weight is 684 g/mol. The van der Waals surface area contributed by atoms with Gasteiger partial charge in [0.2, 0.25) is 0 Å². The van der Waals surface area contributed by atoms with Gasteiger partial charge < -0.3 is 13.7 Å². The summed E-state index contributed by atoms with van der Waals surface area (Å²) in [6, 6.07) is 62.5. The summed E-state index contributed by atoms with van der Waals surface area (Å²) < 4.78 is 15.4. The van der Waals surface area contributed by atoms with Gasteiger partial charge in [-0.1, -0.05) is 109 Å². The highest BCUT2D eigenvalue weighted by Gasteiger charge is 2.18. The molecule has 0 aliphatic carbocycles. The molecule has 0 N–H and O–H groups in total. The van der Waals surface area contributed by atoms with Crippen LogP contribution in [0.2, 0.25) is 0 Å². The van der Waals surface area contributed by atoms with Crippen molar-refractivity contribution < 1.29 is 8.83 Å². The van der Waals surface area contributed by atoms with Crippen molar-refractivity contribution in [1.29, 1.82) is 0 Å². The quantitative estimate of drug-likeness (QED) is 0.181. The molecule has 0 radical (unpaired) electrons. The minimum atomic E-state index is 0.866. The molecule has 0 unspecified atom stereocenters. The number of para-hydroxylation sites is 3. The van der Waals surface area contributed by atoms with Gasteiger partial charge >= 0.3 is 0 Å².